The van der Waals surface area contributed by atoms with Gasteiger partial charge in [0.25, 0.3) is 0 Å². The van der Waals surface area contributed by atoms with E-state index in [2.05, 4.69) is 5.32 Å². The minimum Gasteiger partial charge on any atom is -0.508 e. The van der Waals surface area contributed by atoms with Gasteiger partial charge >= 0.3 is 0 Å². The Kier molecular flexibility index (Phi) is 5.18. The number of amides is 1. The molecule has 3 rings (SSSR count). The Morgan fingerprint density at radius 2 is 1.91 bits per heavy atom. The van der Waals surface area contributed by atoms with Gasteiger partial charge in [0, 0.05) is 26.7 Å². The number of ether oxygens (including phenoxy) is 1. The lowest BCUT2D eigenvalue weighted by Crippen LogP contribution is -2.51. The summed E-state index contributed by atoms with van der Waals surface area (Å²) in [5, 5.41) is 12.7. The number of carbonyl (C=O) groups is 1. The lowest BCUT2D eigenvalue weighted by Gasteiger charge is -2.38. The van der Waals surface area contributed by atoms with Crippen LogP contribution in [0.2, 0.25) is 0 Å². The molecule has 2 aliphatic heterocycles. The fraction of sp³-hybridized carbons (Fsp3) is 0.611. The summed E-state index contributed by atoms with van der Waals surface area (Å²) in [5.74, 6) is 0.950. The van der Waals surface area contributed by atoms with Gasteiger partial charge in [0.15, 0.2) is 0 Å². The number of hydrogen-bond acceptors (Lipinski definition) is 4. The Hall–Kier alpha value is -1.59. The molecule has 1 aromatic carbocycles. The maximum Gasteiger partial charge on any atom is 0.229 e. The zero-order valence-corrected chi connectivity index (χ0v) is 13.7. The molecule has 0 aromatic heterocycles. The molecule has 5 nitrogen and oxygen atoms in total. The van der Waals surface area contributed by atoms with Gasteiger partial charge in [-0.05, 0) is 49.4 Å². The molecule has 2 heterocycles. The lowest BCUT2D eigenvalue weighted by atomic mass is 9.88. The molecule has 23 heavy (non-hydrogen) atoms. The minimum atomic E-state index is -0.0565. The highest BCUT2D eigenvalue weighted by Crippen LogP contribution is 2.30. The first-order chi connectivity index (χ1) is 11.2. The molecule has 126 valence electrons. The number of nitrogens with one attached hydrogen (secondary N) is 1. The number of carbonyl (C=O) groups excluding carboxylic acids is 1. The van der Waals surface area contributed by atoms with Crippen LogP contribution in [0, 0.1) is 5.92 Å². The molecular weight excluding hydrogens is 292 g/mol. The maximum absolute atomic E-state index is 12.8. The van der Waals surface area contributed by atoms with E-state index >= 15 is 0 Å². The van der Waals surface area contributed by atoms with E-state index in [9.17, 15) is 9.90 Å². The number of benzene rings is 1. The fourth-order valence-electron chi connectivity index (χ4n) is 3.78. The zero-order valence-electron chi connectivity index (χ0n) is 13.7. The monoisotopic (exact) mass is 318 g/mol. The molecule has 5 heteroatoms. The van der Waals surface area contributed by atoms with Crippen LogP contribution in [0.3, 0.4) is 0 Å². The molecule has 2 fully saturated rings. The SMILES string of the molecule is COC1CCNCC1C(=O)N1CCC(c2ccc(O)cc2)CC1. The van der Waals surface area contributed by atoms with Crippen molar-refractivity contribution in [2.75, 3.05) is 33.3 Å². The fourth-order valence-corrected chi connectivity index (χ4v) is 3.78. The highest BCUT2D eigenvalue weighted by Gasteiger charge is 2.35. The number of hydrogen-bond donors (Lipinski definition) is 2. The van der Waals surface area contributed by atoms with Gasteiger partial charge in [-0.2, -0.15) is 0 Å². The molecule has 2 aliphatic rings. The van der Waals surface area contributed by atoms with Gasteiger partial charge in [-0.3, -0.25) is 4.79 Å². The molecule has 2 N–H and O–H groups in total. The molecule has 0 bridgehead atoms. The van der Waals surface area contributed by atoms with Crippen molar-refractivity contribution in [1.29, 1.82) is 0 Å². The summed E-state index contributed by atoms with van der Waals surface area (Å²) in [4.78, 5) is 14.8. The Labute approximate surface area is 137 Å². The van der Waals surface area contributed by atoms with Crippen molar-refractivity contribution >= 4 is 5.91 Å². The summed E-state index contributed by atoms with van der Waals surface area (Å²) in [6.07, 6.45) is 2.90. The van der Waals surface area contributed by atoms with Crippen molar-refractivity contribution in [3.05, 3.63) is 29.8 Å². The molecular formula is C18H26N2O3. The quantitative estimate of drug-likeness (QED) is 0.891. The van der Waals surface area contributed by atoms with Gasteiger partial charge < -0.3 is 20.1 Å². The molecule has 0 aliphatic carbocycles. The van der Waals surface area contributed by atoms with Crippen molar-refractivity contribution < 1.29 is 14.6 Å². The smallest absolute Gasteiger partial charge is 0.229 e. The van der Waals surface area contributed by atoms with Crippen LogP contribution in [-0.4, -0.2) is 55.3 Å². The van der Waals surface area contributed by atoms with Crippen LogP contribution >= 0.6 is 0 Å². The third kappa shape index (κ3) is 3.67. The number of phenols is 1. The average molecular weight is 318 g/mol. The Bertz CT molecular complexity index is 524. The van der Waals surface area contributed by atoms with Crippen LogP contribution < -0.4 is 5.32 Å². The lowest BCUT2D eigenvalue weighted by molar-refractivity contribution is -0.142. The van der Waals surface area contributed by atoms with Crippen molar-refractivity contribution in [2.24, 2.45) is 5.92 Å². The van der Waals surface area contributed by atoms with Gasteiger partial charge in [0.2, 0.25) is 5.91 Å². The number of likely N-dealkylation sites (tertiary alicyclic amines) is 1. The standard InChI is InChI=1S/C18H26N2O3/c1-23-17-6-9-19-12-16(17)18(22)20-10-7-14(8-11-20)13-2-4-15(21)5-3-13/h2-5,14,16-17,19,21H,6-12H2,1H3. The summed E-state index contributed by atoms with van der Waals surface area (Å²) in [5.41, 5.74) is 1.25. The van der Waals surface area contributed by atoms with Gasteiger partial charge in [-0.15, -0.1) is 0 Å². The van der Waals surface area contributed by atoms with Gasteiger partial charge in [0.05, 0.1) is 12.0 Å². The van der Waals surface area contributed by atoms with Crippen molar-refractivity contribution in [2.45, 2.75) is 31.3 Å². The van der Waals surface area contributed by atoms with Gasteiger partial charge in [-0.1, -0.05) is 12.1 Å². The van der Waals surface area contributed by atoms with E-state index in [4.69, 9.17) is 4.74 Å². The van der Waals surface area contributed by atoms with Crippen LogP contribution in [0.4, 0.5) is 0 Å². The largest absolute Gasteiger partial charge is 0.508 e. The van der Waals surface area contributed by atoms with E-state index in [1.54, 1.807) is 19.2 Å². The van der Waals surface area contributed by atoms with E-state index in [-0.39, 0.29) is 17.9 Å². The molecule has 0 saturated carbocycles. The molecule has 2 unspecified atom stereocenters. The van der Waals surface area contributed by atoms with Gasteiger partial charge in [0.1, 0.15) is 5.75 Å². The first-order valence-electron chi connectivity index (χ1n) is 8.50. The van der Waals surface area contributed by atoms with E-state index in [1.165, 1.54) is 5.56 Å². The number of nitrogens with zero attached hydrogens (tertiary/aromatic N) is 1. The summed E-state index contributed by atoms with van der Waals surface area (Å²) in [7, 11) is 1.70. The third-order valence-corrected chi connectivity index (χ3v) is 5.21. The molecule has 2 atom stereocenters. The Morgan fingerprint density at radius 3 is 2.57 bits per heavy atom. The van der Waals surface area contributed by atoms with E-state index in [0.717, 1.165) is 45.4 Å². The molecule has 0 spiro atoms. The minimum absolute atomic E-state index is 0.0403. The van der Waals surface area contributed by atoms with E-state index in [1.807, 2.05) is 17.0 Å². The second kappa shape index (κ2) is 7.32. The van der Waals surface area contributed by atoms with Gasteiger partial charge in [-0.25, -0.2) is 0 Å². The van der Waals surface area contributed by atoms with Crippen molar-refractivity contribution in [3.63, 3.8) is 0 Å². The molecule has 0 radical (unpaired) electrons. The second-order valence-corrected chi connectivity index (χ2v) is 6.56. The van der Waals surface area contributed by atoms with Crippen LogP contribution in [0.1, 0.15) is 30.7 Å². The number of piperidine rings is 2. The van der Waals surface area contributed by atoms with Crippen LogP contribution in [0.5, 0.6) is 5.75 Å². The summed E-state index contributed by atoms with van der Waals surface area (Å²) >= 11 is 0. The zero-order chi connectivity index (χ0) is 16.2. The molecule has 1 aromatic rings. The number of aromatic hydroxyl groups is 1. The first-order valence-corrected chi connectivity index (χ1v) is 8.50. The number of methoxy groups -OCH3 is 1. The Morgan fingerprint density at radius 1 is 1.22 bits per heavy atom. The van der Waals surface area contributed by atoms with Crippen molar-refractivity contribution in [3.8, 4) is 5.75 Å². The summed E-state index contributed by atoms with van der Waals surface area (Å²) in [6, 6.07) is 7.46. The Balaban J connectivity index is 1.57. The maximum atomic E-state index is 12.8. The van der Waals surface area contributed by atoms with E-state index < -0.39 is 0 Å². The third-order valence-electron chi connectivity index (χ3n) is 5.21. The van der Waals surface area contributed by atoms with Crippen LogP contribution in [0.15, 0.2) is 24.3 Å². The number of rotatable bonds is 3. The highest BCUT2D eigenvalue weighted by molar-refractivity contribution is 5.80. The van der Waals surface area contributed by atoms with Crippen LogP contribution in [-0.2, 0) is 9.53 Å². The summed E-state index contributed by atoms with van der Waals surface area (Å²) < 4.78 is 5.51. The first kappa shape index (κ1) is 16.3. The summed E-state index contributed by atoms with van der Waals surface area (Å²) in [6.45, 7) is 3.25. The second-order valence-electron chi connectivity index (χ2n) is 6.56. The molecule has 1 amide bonds. The normalized spacial score (nSPS) is 26.2. The van der Waals surface area contributed by atoms with Crippen LogP contribution in [0.25, 0.3) is 0 Å². The topological polar surface area (TPSA) is 61.8 Å². The predicted octanol–water partition coefficient (Wildman–Crippen LogP) is 1.72. The van der Waals surface area contributed by atoms with E-state index in [0.29, 0.717) is 11.7 Å². The number of phenolic OH excluding ortho intramolecular Hbond substituents is 1. The average Bonchev–Trinajstić information content (AvgIpc) is 2.62. The predicted molar refractivity (Wildman–Crippen MR) is 88.4 cm³/mol. The molecule has 2 saturated heterocycles. The highest BCUT2D eigenvalue weighted by atomic mass is 16.5. The van der Waals surface area contributed by atoms with Crippen molar-refractivity contribution in [1.82, 2.24) is 10.2 Å².